The smallest absolute Gasteiger partial charge is 0.236 e. The molecule has 0 aliphatic heterocycles. The third-order valence-corrected chi connectivity index (χ3v) is 2.91. The van der Waals surface area contributed by atoms with Crippen molar-refractivity contribution < 1.29 is 4.79 Å². The standard InChI is InChI=1S/C13H21N3O/c1-10(2)16(4)13(17)9-15-11(3)12-6-5-7-14-8-12/h5-8,10-11,15H,9H2,1-4H3. The minimum Gasteiger partial charge on any atom is -0.342 e. The summed E-state index contributed by atoms with van der Waals surface area (Å²) in [6.45, 7) is 6.38. The molecule has 1 rings (SSSR count). The number of rotatable bonds is 5. The molecule has 0 aromatic carbocycles. The summed E-state index contributed by atoms with van der Waals surface area (Å²) in [6.07, 6.45) is 3.56. The highest BCUT2D eigenvalue weighted by Crippen LogP contribution is 2.09. The first-order chi connectivity index (χ1) is 8.02. The van der Waals surface area contributed by atoms with Gasteiger partial charge in [0.05, 0.1) is 6.54 Å². The molecule has 1 aromatic rings. The zero-order chi connectivity index (χ0) is 12.8. The monoisotopic (exact) mass is 235 g/mol. The Morgan fingerprint density at radius 3 is 2.71 bits per heavy atom. The van der Waals surface area contributed by atoms with E-state index in [4.69, 9.17) is 0 Å². The van der Waals surface area contributed by atoms with E-state index in [9.17, 15) is 4.79 Å². The number of nitrogens with zero attached hydrogens (tertiary/aromatic N) is 2. The van der Waals surface area contributed by atoms with Crippen LogP contribution in [0.4, 0.5) is 0 Å². The van der Waals surface area contributed by atoms with Crippen LogP contribution in [0, 0.1) is 0 Å². The molecule has 0 aliphatic carbocycles. The Kier molecular flexibility index (Phi) is 5.10. The molecule has 0 aliphatic rings. The molecule has 1 N–H and O–H groups in total. The van der Waals surface area contributed by atoms with Gasteiger partial charge in [-0.25, -0.2) is 0 Å². The van der Waals surface area contributed by atoms with Gasteiger partial charge in [-0.3, -0.25) is 9.78 Å². The molecule has 1 unspecified atom stereocenters. The van der Waals surface area contributed by atoms with E-state index in [-0.39, 0.29) is 18.0 Å². The Bertz CT molecular complexity index is 351. The Labute approximate surface area is 103 Å². The third-order valence-electron chi connectivity index (χ3n) is 2.91. The van der Waals surface area contributed by atoms with Crippen LogP contribution in [0.15, 0.2) is 24.5 Å². The van der Waals surface area contributed by atoms with Crippen molar-refractivity contribution in [3.63, 3.8) is 0 Å². The fourth-order valence-electron chi connectivity index (χ4n) is 1.40. The van der Waals surface area contributed by atoms with Gasteiger partial charge in [-0.2, -0.15) is 0 Å². The van der Waals surface area contributed by atoms with Crippen LogP contribution in [0.5, 0.6) is 0 Å². The highest BCUT2D eigenvalue weighted by atomic mass is 16.2. The van der Waals surface area contributed by atoms with E-state index in [0.717, 1.165) is 5.56 Å². The second-order valence-electron chi connectivity index (χ2n) is 4.49. The minimum absolute atomic E-state index is 0.107. The van der Waals surface area contributed by atoms with Gasteiger partial charge in [0, 0.05) is 31.5 Å². The first-order valence-corrected chi connectivity index (χ1v) is 5.91. The van der Waals surface area contributed by atoms with Gasteiger partial charge in [0.15, 0.2) is 0 Å². The maximum Gasteiger partial charge on any atom is 0.236 e. The second-order valence-corrected chi connectivity index (χ2v) is 4.49. The lowest BCUT2D eigenvalue weighted by molar-refractivity contribution is -0.130. The minimum atomic E-state index is 0.107. The maximum absolute atomic E-state index is 11.8. The number of carbonyl (C=O) groups is 1. The van der Waals surface area contributed by atoms with Crippen LogP contribution in [-0.4, -0.2) is 35.4 Å². The first kappa shape index (κ1) is 13.6. The predicted octanol–water partition coefficient (Wildman–Crippen LogP) is 1.60. The molecule has 1 aromatic heterocycles. The largest absolute Gasteiger partial charge is 0.342 e. The molecule has 17 heavy (non-hydrogen) atoms. The van der Waals surface area contributed by atoms with Crippen LogP contribution >= 0.6 is 0 Å². The molecule has 0 fully saturated rings. The summed E-state index contributed by atoms with van der Waals surface area (Å²) in [6, 6.07) is 4.27. The second kappa shape index (κ2) is 6.35. The van der Waals surface area contributed by atoms with Crippen molar-refractivity contribution in [2.75, 3.05) is 13.6 Å². The van der Waals surface area contributed by atoms with Crippen molar-refractivity contribution in [2.45, 2.75) is 32.9 Å². The molecule has 1 heterocycles. The van der Waals surface area contributed by atoms with Crippen LogP contribution in [0.1, 0.15) is 32.4 Å². The summed E-state index contributed by atoms with van der Waals surface area (Å²) in [5.41, 5.74) is 1.09. The van der Waals surface area contributed by atoms with E-state index in [1.54, 1.807) is 11.1 Å². The van der Waals surface area contributed by atoms with Crippen molar-refractivity contribution in [3.05, 3.63) is 30.1 Å². The Hall–Kier alpha value is -1.42. The lowest BCUT2D eigenvalue weighted by Crippen LogP contribution is -2.40. The van der Waals surface area contributed by atoms with E-state index in [1.165, 1.54) is 0 Å². The molecule has 94 valence electrons. The van der Waals surface area contributed by atoms with Gasteiger partial charge in [-0.15, -0.1) is 0 Å². The first-order valence-electron chi connectivity index (χ1n) is 5.91. The van der Waals surface area contributed by atoms with Gasteiger partial charge in [0.1, 0.15) is 0 Å². The average Bonchev–Trinajstić information content (AvgIpc) is 2.35. The van der Waals surface area contributed by atoms with E-state index < -0.39 is 0 Å². The third kappa shape index (κ3) is 4.15. The predicted molar refractivity (Wildman–Crippen MR) is 68.6 cm³/mol. The Morgan fingerprint density at radius 1 is 1.47 bits per heavy atom. The van der Waals surface area contributed by atoms with Crippen LogP contribution < -0.4 is 5.32 Å². The number of nitrogens with one attached hydrogen (secondary N) is 1. The molecule has 0 spiro atoms. The quantitative estimate of drug-likeness (QED) is 0.843. The lowest BCUT2D eigenvalue weighted by atomic mass is 10.1. The van der Waals surface area contributed by atoms with Crippen molar-refractivity contribution in [1.82, 2.24) is 15.2 Å². The molecule has 0 saturated heterocycles. The maximum atomic E-state index is 11.8. The summed E-state index contributed by atoms with van der Waals surface area (Å²) >= 11 is 0. The van der Waals surface area contributed by atoms with Crippen LogP contribution in [0.2, 0.25) is 0 Å². The summed E-state index contributed by atoms with van der Waals surface area (Å²) in [5, 5.41) is 3.20. The SMILES string of the molecule is CC(NCC(=O)N(C)C(C)C)c1cccnc1. The number of carbonyl (C=O) groups excluding carboxylic acids is 1. The summed E-state index contributed by atoms with van der Waals surface area (Å²) in [7, 11) is 1.82. The number of hydrogen-bond acceptors (Lipinski definition) is 3. The summed E-state index contributed by atoms with van der Waals surface area (Å²) in [5.74, 6) is 0.107. The molecule has 4 heteroatoms. The molecule has 4 nitrogen and oxygen atoms in total. The Morgan fingerprint density at radius 2 is 2.18 bits per heavy atom. The molecule has 0 bridgehead atoms. The summed E-state index contributed by atoms with van der Waals surface area (Å²) in [4.78, 5) is 17.6. The van der Waals surface area contributed by atoms with E-state index in [2.05, 4.69) is 10.3 Å². The number of likely N-dealkylation sites (N-methyl/N-ethyl adjacent to an activating group) is 1. The van der Waals surface area contributed by atoms with Gasteiger partial charge in [0.2, 0.25) is 5.91 Å². The average molecular weight is 235 g/mol. The van der Waals surface area contributed by atoms with Crippen molar-refractivity contribution in [2.24, 2.45) is 0 Å². The van der Waals surface area contributed by atoms with Crippen molar-refractivity contribution >= 4 is 5.91 Å². The van der Waals surface area contributed by atoms with Gasteiger partial charge < -0.3 is 10.2 Å². The number of aromatic nitrogens is 1. The molecule has 1 atom stereocenters. The van der Waals surface area contributed by atoms with E-state index in [0.29, 0.717) is 6.54 Å². The number of pyridine rings is 1. The van der Waals surface area contributed by atoms with Crippen LogP contribution in [0.25, 0.3) is 0 Å². The normalized spacial score (nSPS) is 12.5. The van der Waals surface area contributed by atoms with Crippen LogP contribution in [0.3, 0.4) is 0 Å². The van der Waals surface area contributed by atoms with Crippen LogP contribution in [-0.2, 0) is 4.79 Å². The van der Waals surface area contributed by atoms with Gasteiger partial charge in [-0.05, 0) is 32.4 Å². The van der Waals surface area contributed by atoms with Gasteiger partial charge in [-0.1, -0.05) is 6.07 Å². The number of amides is 1. The lowest BCUT2D eigenvalue weighted by Gasteiger charge is -2.23. The summed E-state index contributed by atoms with van der Waals surface area (Å²) < 4.78 is 0. The van der Waals surface area contributed by atoms with Gasteiger partial charge in [0.25, 0.3) is 0 Å². The molecular weight excluding hydrogens is 214 g/mol. The molecular formula is C13H21N3O. The zero-order valence-corrected chi connectivity index (χ0v) is 11.0. The highest BCUT2D eigenvalue weighted by molar-refractivity contribution is 5.78. The zero-order valence-electron chi connectivity index (χ0n) is 11.0. The molecule has 0 radical (unpaired) electrons. The Balaban J connectivity index is 2.44. The fraction of sp³-hybridized carbons (Fsp3) is 0.538. The fourth-order valence-corrected chi connectivity index (χ4v) is 1.40. The topological polar surface area (TPSA) is 45.2 Å². The number of hydrogen-bond donors (Lipinski definition) is 1. The van der Waals surface area contributed by atoms with E-state index >= 15 is 0 Å². The van der Waals surface area contributed by atoms with Crippen molar-refractivity contribution in [1.29, 1.82) is 0 Å². The van der Waals surface area contributed by atoms with Crippen molar-refractivity contribution in [3.8, 4) is 0 Å². The highest BCUT2D eigenvalue weighted by Gasteiger charge is 2.13. The van der Waals surface area contributed by atoms with Gasteiger partial charge >= 0.3 is 0 Å². The molecule has 0 saturated carbocycles. The van der Waals surface area contributed by atoms with E-state index in [1.807, 2.05) is 46.1 Å². The molecule has 1 amide bonds.